The van der Waals surface area contributed by atoms with Gasteiger partial charge in [-0.3, -0.25) is 9.71 Å². The molecule has 1 heterocycles. The third kappa shape index (κ3) is 3.12. The van der Waals surface area contributed by atoms with Crippen LogP contribution in [-0.2, 0) is 10.0 Å². The van der Waals surface area contributed by atoms with Crippen molar-refractivity contribution in [1.82, 2.24) is 4.98 Å². The molecule has 1 aromatic carbocycles. The first-order valence-corrected chi connectivity index (χ1v) is 7.51. The minimum Gasteiger partial charge on any atom is -0.279 e. The van der Waals surface area contributed by atoms with E-state index in [1.54, 1.807) is 18.3 Å². The van der Waals surface area contributed by atoms with E-state index < -0.39 is 10.0 Å². The van der Waals surface area contributed by atoms with Crippen molar-refractivity contribution in [1.29, 1.82) is 0 Å². The summed E-state index contributed by atoms with van der Waals surface area (Å²) in [5.41, 5.74) is 1.58. The number of sulfonamides is 1. The first-order chi connectivity index (χ1) is 9.00. The van der Waals surface area contributed by atoms with Gasteiger partial charge in [-0.15, -0.1) is 0 Å². The number of rotatable bonds is 4. The van der Waals surface area contributed by atoms with E-state index in [1.165, 1.54) is 12.3 Å². The number of hydrogen-bond acceptors (Lipinski definition) is 3. The smallest absolute Gasteiger partial charge is 0.263 e. The number of hydrogen-bond donors (Lipinski definition) is 1. The molecule has 0 atom stereocenters. The highest BCUT2D eigenvalue weighted by Gasteiger charge is 2.16. The molecule has 19 heavy (non-hydrogen) atoms. The zero-order chi connectivity index (χ0) is 13.9. The van der Waals surface area contributed by atoms with E-state index in [1.807, 2.05) is 32.0 Å². The van der Waals surface area contributed by atoms with E-state index in [2.05, 4.69) is 9.71 Å². The maximum atomic E-state index is 12.2. The highest BCUT2D eigenvalue weighted by atomic mass is 32.2. The van der Waals surface area contributed by atoms with Gasteiger partial charge in [0.25, 0.3) is 10.0 Å². The lowest BCUT2D eigenvalue weighted by molar-refractivity contribution is 0.600. The molecule has 0 amide bonds. The monoisotopic (exact) mass is 276 g/mol. The molecule has 0 saturated carbocycles. The van der Waals surface area contributed by atoms with Crippen molar-refractivity contribution in [3.05, 3.63) is 54.4 Å². The van der Waals surface area contributed by atoms with Crippen LogP contribution in [0.3, 0.4) is 0 Å². The van der Waals surface area contributed by atoms with Gasteiger partial charge in [0.15, 0.2) is 0 Å². The zero-order valence-electron chi connectivity index (χ0n) is 10.9. The fraction of sp³-hybridized carbons (Fsp3) is 0.214. The van der Waals surface area contributed by atoms with E-state index >= 15 is 0 Å². The summed E-state index contributed by atoms with van der Waals surface area (Å²) in [6.45, 7) is 4.05. The molecule has 1 N–H and O–H groups in total. The Kier molecular flexibility index (Phi) is 3.85. The Bertz CT molecular complexity index is 652. The fourth-order valence-corrected chi connectivity index (χ4v) is 2.85. The molecule has 0 aliphatic heterocycles. The van der Waals surface area contributed by atoms with Gasteiger partial charge in [-0.05, 0) is 29.7 Å². The van der Waals surface area contributed by atoms with Crippen LogP contribution in [0.5, 0.6) is 0 Å². The van der Waals surface area contributed by atoms with Crippen LogP contribution in [0.1, 0.15) is 25.3 Å². The van der Waals surface area contributed by atoms with Gasteiger partial charge in [0, 0.05) is 12.4 Å². The van der Waals surface area contributed by atoms with Crippen molar-refractivity contribution in [3.63, 3.8) is 0 Å². The largest absolute Gasteiger partial charge is 0.279 e. The van der Waals surface area contributed by atoms with E-state index in [-0.39, 0.29) is 10.8 Å². The van der Waals surface area contributed by atoms with Crippen LogP contribution in [0.15, 0.2) is 53.7 Å². The topological polar surface area (TPSA) is 59.1 Å². The van der Waals surface area contributed by atoms with E-state index in [4.69, 9.17) is 0 Å². The lowest BCUT2D eigenvalue weighted by Gasteiger charge is -2.14. The number of pyridine rings is 1. The first-order valence-electron chi connectivity index (χ1n) is 6.02. The maximum absolute atomic E-state index is 12.2. The van der Waals surface area contributed by atoms with Crippen molar-refractivity contribution in [2.75, 3.05) is 4.72 Å². The third-order valence-electron chi connectivity index (χ3n) is 2.77. The van der Waals surface area contributed by atoms with E-state index in [0.29, 0.717) is 5.69 Å². The average molecular weight is 276 g/mol. The Labute approximate surface area is 113 Å². The molecule has 0 spiro atoms. The number of benzene rings is 1. The number of para-hydroxylation sites is 1. The lowest BCUT2D eigenvalue weighted by Crippen LogP contribution is -2.14. The number of nitrogens with one attached hydrogen (secondary N) is 1. The summed E-state index contributed by atoms with van der Waals surface area (Å²) >= 11 is 0. The molecule has 0 aliphatic carbocycles. The standard InChI is InChI=1S/C14H16N2O2S/c1-11(2)13-7-3-4-8-14(13)16-19(17,18)12-6-5-9-15-10-12/h3-11,16H,1-2H3. The van der Waals surface area contributed by atoms with Crippen molar-refractivity contribution >= 4 is 15.7 Å². The molecule has 0 saturated heterocycles. The summed E-state index contributed by atoms with van der Waals surface area (Å²) in [6, 6.07) is 10.5. The Morgan fingerprint density at radius 1 is 1.11 bits per heavy atom. The first kappa shape index (κ1) is 13.5. The van der Waals surface area contributed by atoms with Crippen LogP contribution < -0.4 is 4.72 Å². The van der Waals surface area contributed by atoms with Crippen LogP contribution in [-0.4, -0.2) is 13.4 Å². The molecule has 0 fully saturated rings. The number of aromatic nitrogens is 1. The summed E-state index contributed by atoms with van der Waals surface area (Å²) in [7, 11) is -3.58. The Balaban J connectivity index is 2.37. The summed E-state index contributed by atoms with van der Waals surface area (Å²) < 4.78 is 27.1. The van der Waals surface area contributed by atoms with Gasteiger partial charge in [0.05, 0.1) is 5.69 Å². The predicted molar refractivity (Wildman–Crippen MR) is 75.6 cm³/mol. The van der Waals surface area contributed by atoms with Crippen LogP contribution in [0, 0.1) is 0 Å². The Morgan fingerprint density at radius 3 is 2.47 bits per heavy atom. The molecule has 0 bridgehead atoms. The second-order valence-electron chi connectivity index (χ2n) is 4.54. The highest BCUT2D eigenvalue weighted by molar-refractivity contribution is 7.92. The quantitative estimate of drug-likeness (QED) is 0.933. The molecular weight excluding hydrogens is 260 g/mol. The normalized spacial score (nSPS) is 11.5. The van der Waals surface area contributed by atoms with Gasteiger partial charge in [-0.25, -0.2) is 8.42 Å². The minimum atomic E-state index is -3.58. The van der Waals surface area contributed by atoms with Crippen molar-refractivity contribution < 1.29 is 8.42 Å². The molecule has 0 unspecified atom stereocenters. The molecule has 2 aromatic rings. The van der Waals surface area contributed by atoms with Crippen LogP contribution >= 0.6 is 0 Å². The summed E-state index contributed by atoms with van der Waals surface area (Å²) in [6.07, 6.45) is 2.88. The lowest BCUT2D eigenvalue weighted by atomic mass is 10.0. The second kappa shape index (κ2) is 5.40. The van der Waals surface area contributed by atoms with Gasteiger partial charge in [-0.2, -0.15) is 0 Å². The van der Waals surface area contributed by atoms with Crippen molar-refractivity contribution in [3.8, 4) is 0 Å². The molecule has 2 rings (SSSR count). The second-order valence-corrected chi connectivity index (χ2v) is 6.22. The molecule has 0 aliphatic rings. The van der Waals surface area contributed by atoms with Crippen molar-refractivity contribution in [2.45, 2.75) is 24.7 Å². The van der Waals surface area contributed by atoms with E-state index in [0.717, 1.165) is 5.56 Å². The molecule has 1 aromatic heterocycles. The number of nitrogens with zero attached hydrogens (tertiary/aromatic N) is 1. The van der Waals surface area contributed by atoms with Crippen LogP contribution in [0.4, 0.5) is 5.69 Å². The zero-order valence-corrected chi connectivity index (χ0v) is 11.7. The SMILES string of the molecule is CC(C)c1ccccc1NS(=O)(=O)c1cccnc1. The Morgan fingerprint density at radius 2 is 1.84 bits per heavy atom. The Hall–Kier alpha value is -1.88. The maximum Gasteiger partial charge on any atom is 0.263 e. The third-order valence-corrected chi connectivity index (χ3v) is 4.12. The average Bonchev–Trinajstić information content (AvgIpc) is 2.39. The molecule has 100 valence electrons. The molecular formula is C14H16N2O2S. The number of anilines is 1. The summed E-state index contributed by atoms with van der Waals surface area (Å²) in [4.78, 5) is 3.99. The molecule has 4 nitrogen and oxygen atoms in total. The fourth-order valence-electron chi connectivity index (χ4n) is 1.80. The highest BCUT2D eigenvalue weighted by Crippen LogP contribution is 2.25. The van der Waals surface area contributed by atoms with Gasteiger partial charge in [0.1, 0.15) is 4.90 Å². The van der Waals surface area contributed by atoms with Crippen LogP contribution in [0.2, 0.25) is 0 Å². The molecule has 0 radical (unpaired) electrons. The van der Waals surface area contributed by atoms with Gasteiger partial charge in [0.2, 0.25) is 0 Å². The minimum absolute atomic E-state index is 0.161. The molecule has 5 heteroatoms. The van der Waals surface area contributed by atoms with Gasteiger partial charge < -0.3 is 0 Å². The van der Waals surface area contributed by atoms with E-state index in [9.17, 15) is 8.42 Å². The van der Waals surface area contributed by atoms with Crippen molar-refractivity contribution in [2.24, 2.45) is 0 Å². The predicted octanol–water partition coefficient (Wildman–Crippen LogP) is 3.01. The van der Waals surface area contributed by atoms with Gasteiger partial charge in [-0.1, -0.05) is 32.0 Å². The summed E-state index contributed by atoms with van der Waals surface area (Å²) in [5.74, 6) is 0.243. The summed E-state index contributed by atoms with van der Waals surface area (Å²) in [5, 5.41) is 0. The van der Waals surface area contributed by atoms with Crippen LogP contribution in [0.25, 0.3) is 0 Å². The van der Waals surface area contributed by atoms with Gasteiger partial charge >= 0.3 is 0 Å².